The average Bonchev–Trinajstić information content (AvgIpc) is 3.60. The average molecular weight is 575 g/mol. The molecule has 39 heavy (non-hydrogen) atoms. The summed E-state index contributed by atoms with van der Waals surface area (Å²) in [5.41, 5.74) is 0.516. The van der Waals surface area contributed by atoms with E-state index in [2.05, 4.69) is 14.9 Å². The zero-order chi connectivity index (χ0) is 27.2. The predicted octanol–water partition coefficient (Wildman–Crippen LogP) is 6.93. The van der Waals surface area contributed by atoms with Crippen molar-refractivity contribution in [3.05, 3.63) is 65.4 Å². The number of likely N-dealkylation sites (tertiary alicyclic amines) is 1. The Kier molecular flexibility index (Phi) is 7.01. The van der Waals surface area contributed by atoms with Crippen molar-refractivity contribution in [3.63, 3.8) is 0 Å². The highest BCUT2D eigenvalue weighted by molar-refractivity contribution is 7.90. The van der Waals surface area contributed by atoms with Crippen LogP contribution in [-0.2, 0) is 16.2 Å². The van der Waals surface area contributed by atoms with Gasteiger partial charge < -0.3 is 4.90 Å². The quantitative estimate of drug-likeness (QED) is 0.259. The van der Waals surface area contributed by atoms with Gasteiger partial charge in [-0.3, -0.25) is 0 Å². The lowest BCUT2D eigenvalue weighted by molar-refractivity contribution is -0.140. The third kappa shape index (κ3) is 5.12. The minimum atomic E-state index is -4.58. The fourth-order valence-corrected chi connectivity index (χ4v) is 8.16. The van der Waals surface area contributed by atoms with Crippen LogP contribution in [0.3, 0.4) is 0 Å². The minimum absolute atomic E-state index is 0.0745. The summed E-state index contributed by atoms with van der Waals surface area (Å²) in [5.74, 6) is 0.270. The topological polar surface area (TPSA) is 68.1 Å². The van der Waals surface area contributed by atoms with Crippen molar-refractivity contribution in [3.8, 4) is 10.6 Å². The van der Waals surface area contributed by atoms with Crippen molar-refractivity contribution in [1.82, 2.24) is 18.8 Å². The molecule has 6 rings (SSSR count). The highest BCUT2D eigenvalue weighted by Crippen LogP contribution is 2.41. The summed E-state index contributed by atoms with van der Waals surface area (Å²) in [7, 11) is -4.03. The van der Waals surface area contributed by atoms with Gasteiger partial charge in [0.15, 0.2) is 11.3 Å². The number of piperidine rings is 1. The van der Waals surface area contributed by atoms with Crippen molar-refractivity contribution >= 4 is 32.4 Å². The van der Waals surface area contributed by atoms with Crippen LogP contribution in [0.5, 0.6) is 0 Å². The van der Waals surface area contributed by atoms with Gasteiger partial charge >= 0.3 is 6.18 Å². The Bertz CT molecular complexity index is 1570. The summed E-state index contributed by atoms with van der Waals surface area (Å²) in [4.78, 5) is 11.1. The molecule has 6 nitrogen and oxygen atoms in total. The SMILES string of the molecule is O=S(=O)(c1ccccc1)n1cc(-c2nc(C(F)(F)F)cs2)c2cc([C@H]3CC[C@H](N4CCCCC4)CC3)cnc21. The van der Waals surface area contributed by atoms with Crippen LogP contribution >= 0.6 is 11.3 Å². The fourth-order valence-electron chi connectivity index (χ4n) is 5.96. The molecule has 0 unspecified atom stereocenters. The van der Waals surface area contributed by atoms with E-state index in [4.69, 9.17) is 0 Å². The van der Waals surface area contributed by atoms with Crippen LogP contribution in [0.2, 0.25) is 0 Å². The molecule has 4 aromatic rings. The molecule has 1 aliphatic carbocycles. The van der Waals surface area contributed by atoms with E-state index in [9.17, 15) is 21.6 Å². The fraction of sp³-hybridized carbons (Fsp3) is 0.429. The Morgan fingerprint density at radius 1 is 0.974 bits per heavy atom. The number of hydrogen-bond donors (Lipinski definition) is 0. The monoisotopic (exact) mass is 574 g/mol. The smallest absolute Gasteiger partial charge is 0.300 e. The summed E-state index contributed by atoms with van der Waals surface area (Å²) in [6.45, 7) is 2.34. The van der Waals surface area contributed by atoms with E-state index in [1.165, 1.54) is 50.7 Å². The van der Waals surface area contributed by atoms with Crippen molar-refractivity contribution < 1.29 is 21.6 Å². The number of fused-ring (bicyclic) bond motifs is 1. The molecule has 1 aliphatic heterocycles. The maximum absolute atomic E-state index is 13.6. The summed E-state index contributed by atoms with van der Waals surface area (Å²) in [5, 5.41) is 1.57. The van der Waals surface area contributed by atoms with Gasteiger partial charge in [-0.2, -0.15) is 13.2 Å². The van der Waals surface area contributed by atoms with E-state index < -0.39 is 21.9 Å². The molecular formula is C28H29F3N4O2S2. The van der Waals surface area contributed by atoms with Gasteiger partial charge in [0.05, 0.1) is 4.90 Å². The van der Waals surface area contributed by atoms with Crippen LogP contribution in [0.1, 0.15) is 62.1 Å². The largest absolute Gasteiger partial charge is 0.434 e. The molecule has 1 saturated carbocycles. The van der Waals surface area contributed by atoms with Crippen molar-refractivity contribution in [2.45, 2.75) is 68.0 Å². The molecule has 4 heterocycles. The first-order valence-corrected chi connectivity index (χ1v) is 15.6. The van der Waals surface area contributed by atoms with Crippen LogP contribution in [0.4, 0.5) is 13.2 Å². The Morgan fingerprint density at radius 2 is 1.69 bits per heavy atom. The zero-order valence-corrected chi connectivity index (χ0v) is 22.9. The maximum Gasteiger partial charge on any atom is 0.434 e. The summed E-state index contributed by atoms with van der Waals surface area (Å²) in [6, 6.07) is 10.5. The molecule has 1 aromatic carbocycles. The highest BCUT2D eigenvalue weighted by atomic mass is 32.2. The third-order valence-corrected chi connectivity index (χ3v) is 10.6. The van der Waals surface area contributed by atoms with E-state index in [0.29, 0.717) is 17.0 Å². The first-order valence-electron chi connectivity index (χ1n) is 13.3. The number of alkyl halides is 3. The highest BCUT2D eigenvalue weighted by Gasteiger charge is 2.35. The van der Waals surface area contributed by atoms with Gasteiger partial charge in [-0.25, -0.2) is 22.4 Å². The summed E-state index contributed by atoms with van der Waals surface area (Å²) in [6.07, 6.45) is 6.54. The van der Waals surface area contributed by atoms with E-state index in [1.807, 2.05) is 6.07 Å². The lowest BCUT2D eigenvalue weighted by Crippen LogP contribution is -2.41. The van der Waals surface area contributed by atoms with Crippen LogP contribution in [-0.4, -0.2) is 46.4 Å². The molecule has 0 spiro atoms. The Morgan fingerprint density at radius 3 is 2.36 bits per heavy atom. The molecule has 1 saturated heterocycles. The first kappa shape index (κ1) is 26.5. The maximum atomic E-state index is 13.6. The second-order valence-electron chi connectivity index (χ2n) is 10.4. The van der Waals surface area contributed by atoms with Gasteiger partial charge in [-0.1, -0.05) is 24.6 Å². The molecule has 0 atom stereocenters. The van der Waals surface area contributed by atoms with Crippen molar-refractivity contribution in [2.24, 2.45) is 0 Å². The lowest BCUT2D eigenvalue weighted by Gasteiger charge is -2.39. The van der Waals surface area contributed by atoms with E-state index >= 15 is 0 Å². The Balaban J connectivity index is 1.38. The summed E-state index contributed by atoms with van der Waals surface area (Å²) >= 11 is 0.849. The molecule has 206 valence electrons. The van der Waals surface area contributed by atoms with Crippen LogP contribution in [0, 0.1) is 0 Å². The Hall–Kier alpha value is -2.76. The first-order chi connectivity index (χ1) is 18.7. The second-order valence-corrected chi connectivity index (χ2v) is 13.1. The second kappa shape index (κ2) is 10.3. The molecule has 2 fully saturated rings. The molecule has 0 N–H and O–H groups in total. The number of nitrogens with zero attached hydrogens (tertiary/aromatic N) is 4. The number of hydrogen-bond acceptors (Lipinski definition) is 6. The molecule has 3 aromatic heterocycles. The Labute approximate surface area is 229 Å². The van der Waals surface area contributed by atoms with E-state index in [1.54, 1.807) is 24.4 Å². The number of halogens is 3. The van der Waals surface area contributed by atoms with Gasteiger partial charge in [0.2, 0.25) is 0 Å². The number of pyridine rings is 1. The molecular weight excluding hydrogens is 545 g/mol. The molecule has 11 heteroatoms. The third-order valence-electron chi connectivity index (χ3n) is 8.03. The van der Waals surface area contributed by atoms with E-state index in [0.717, 1.165) is 51.9 Å². The lowest BCUT2D eigenvalue weighted by atomic mass is 9.81. The van der Waals surface area contributed by atoms with Gasteiger partial charge in [0.25, 0.3) is 10.0 Å². The van der Waals surface area contributed by atoms with Gasteiger partial charge in [0.1, 0.15) is 5.01 Å². The van der Waals surface area contributed by atoms with Crippen molar-refractivity contribution in [1.29, 1.82) is 0 Å². The zero-order valence-electron chi connectivity index (χ0n) is 21.3. The summed E-state index contributed by atoms with van der Waals surface area (Å²) < 4.78 is 68.2. The van der Waals surface area contributed by atoms with Gasteiger partial charge in [-0.05, 0) is 81.3 Å². The minimum Gasteiger partial charge on any atom is -0.300 e. The number of benzene rings is 1. The van der Waals surface area contributed by atoms with Crippen LogP contribution in [0.15, 0.2) is 59.1 Å². The van der Waals surface area contributed by atoms with Crippen LogP contribution < -0.4 is 0 Å². The number of aromatic nitrogens is 3. The predicted molar refractivity (Wildman–Crippen MR) is 145 cm³/mol. The van der Waals surface area contributed by atoms with Gasteiger partial charge in [-0.15, -0.1) is 11.3 Å². The standard InChI is InChI=1S/C28H29F3N4O2S2/c29-28(30,31)25-18-38-27(33-25)24-17-35(39(36,37)22-7-3-1-4-8-22)26-23(24)15-20(16-32-26)19-9-11-21(12-10-19)34-13-5-2-6-14-34/h1,3-4,7-8,15-19,21H,2,5-6,9-14H2/t19-,21-. The molecule has 0 amide bonds. The molecule has 0 radical (unpaired) electrons. The van der Waals surface area contributed by atoms with Gasteiger partial charge in [0, 0.05) is 34.8 Å². The molecule has 0 bridgehead atoms. The normalized spacial score (nSPS) is 21.4. The van der Waals surface area contributed by atoms with E-state index in [-0.39, 0.29) is 21.5 Å². The number of rotatable bonds is 5. The van der Waals surface area contributed by atoms with Crippen molar-refractivity contribution in [2.75, 3.05) is 13.1 Å². The van der Waals surface area contributed by atoms with Crippen LogP contribution in [0.25, 0.3) is 21.6 Å². The molecule has 2 aliphatic rings. The number of thiazole rings is 1.